The van der Waals surface area contributed by atoms with E-state index in [0.29, 0.717) is 11.3 Å². The van der Waals surface area contributed by atoms with E-state index in [-0.39, 0.29) is 41.5 Å². The highest BCUT2D eigenvalue weighted by Crippen LogP contribution is 2.36. The van der Waals surface area contributed by atoms with Gasteiger partial charge in [0.1, 0.15) is 24.1 Å². The lowest BCUT2D eigenvalue weighted by Crippen LogP contribution is -2.53. The maximum atomic E-state index is 14.6. The molecule has 0 saturated heterocycles. The Labute approximate surface area is 290 Å². The summed E-state index contributed by atoms with van der Waals surface area (Å²) in [6.07, 6.45) is 0.125. The van der Waals surface area contributed by atoms with Gasteiger partial charge in [0, 0.05) is 36.2 Å². The molecule has 4 rings (SSSR count). The normalized spacial score (nSPS) is 11.7. The van der Waals surface area contributed by atoms with E-state index in [0.717, 1.165) is 15.9 Å². The average Bonchev–Trinajstić information content (AvgIpc) is 3.09. The molecule has 1 atom stereocenters. The van der Waals surface area contributed by atoms with E-state index in [1.165, 1.54) is 56.4 Å². The first-order valence-electron chi connectivity index (χ1n) is 15.2. The van der Waals surface area contributed by atoms with Crippen LogP contribution in [0.25, 0.3) is 0 Å². The summed E-state index contributed by atoms with van der Waals surface area (Å²) in [6.45, 7) is 2.64. The van der Waals surface area contributed by atoms with Gasteiger partial charge in [0.15, 0.2) is 0 Å². The molecule has 0 bridgehead atoms. The van der Waals surface area contributed by atoms with Crippen LogP contribution >= 0.6 is 11.6 Å². The molecule has 0 aliphatic rings. The zero-order valence-electron chi connectivity index (χ0n) is 27.5. The summed E-state index contributed by atoms with van der Waals surface area (Å²) in [4.78, 5) is 40.3. The Morgan fingerprint density at radius 1 is 0.939 bits per heavy atom. The van der Waals surface area contributed by atoms with Gasteiger partial charge < -0.3 is 19.7 Å². The van der Waals surface area contributed by atoms with Crippen LogP contribution in [0.3, 0.4) is 0 Å². The van der Waals surface area contributed by atoms with Crippen molar-refractivity contribution < 1.29 is 32.4 Å². The van der Waals surface area contributed by atoms with Gasteiger partial charge in [-0.3, -0.25) is 24.0 Å². The van der Waals surface area contributed by atoms with Gasteiger partial charge >= 0.3 is 0 Å². The van der Waals surface area contributed by atoms with E-state index in [9.17, 15) is 28.1 Å². The van der Waals surface area contributed by atoms with Gasteiger partial charge in [-0.15, -0.1) is 0 Å². The number of aryl methyl sites for hydroxylation is 1. The molecule has 49 heavy (non-hydrogen) atoms. The number of halogens is 1. The van der Waals surface area contributed by atoms with Crippen LogP contribution < -0.4 is 19.1 Å². The molecule has 4 aromatic carbocycles. The van der Waals surface area contributed by atoms with Gasteiger partial charge in [-0.2, -0.15) is 0 Å². The van der Waals surface area contributed by atoms with Crippen LogP contribution in [0.5, 0.6) is 11.5 Å². The quantitative estimate of drug-likeness (QED) is 0.125. The number of nitrogens with zero attached hydrogens (tertiary/aromatic N) is 3. The molecule has 0 saturated carbocycles. The fourth-order valence-corrected chi connectivity index (χ4v) is 6.86. The smallest absolute Gasteiger partial charge is 0.273 e. The van der Waals surface area contributed by atoms with Gasteiger partial charge in [0.2, 0.25) is 11.8 Å². The first-order chi connectivity index (χ1) is 23.4. The van der Waals surface area contributed by atoms with Crippen LogP contribution in [-0.2, 0) is 32.6 Å². The minimum absolute atomic E-state index is 0.0753. The lowest BCUT2D eigenvalue weighted by molar-refractivity contribution is -0.385. The predicted molar refractivity (Wildman–Crippen MR) is 187 cm³/mol. The molecule has 12 nitrogen and oxygen atoms in total. The number of carbonyl (C=O) groups excluding carboxylic acids is 2. The average molecular weight is 709 g/mol. The van der Waals surface area contributed by atoms with E-state index in [4.69, 9.17) is 21.1 Å². The van der Waals surface area contributed by atoms with Crippen LogP contribution in [-0.4, -0.2) is 63.4 Å². The largest absolute Gasteiger partial charge is 0.497 e. The molecule has 0 aromatic heterocycles. The Balaban J connectivity index is 1.89. The maximum absolute atomic E-state index is 14.6. The molecule has 1 N–H and O–H groups in total. The van der Waals surface area contributed by atoms with Crippen molar-refractivity contribution in [2.45, 2.75) is 37.8 Å². The fraction of sp³-hybridized carbons (Fsp3) is 0.257. The lowest BCUT2D eigenvalue weighted by atomic mass is 10.0. The standard InChI is InChI=1S/C35H37ClN4O8S/c1-5-37-35(42)32(19-25-10-7-6-8-11-25)38(22-26-12-9-13-28(18-26)47-3)34(41)23-39(31-20-27(36)15-17-33(31)48-4)49(45,46)29-16-14-24(2)30(21-29)40(43)44/h6-18,20-21,32H,5,19,22-23H2,1-4H3,(H,37,42)/t32-/m0/s1. The summed E-state index contributed by atoms with van der Waals surface area (Å²) in [5.74, 6) is -0.573. The zero-order chi connectivity index (χ0) is 35.7. The van der Waals surface area contributed by atoms with Crippen molar-refractivity contribution in [3.05, 3.63) is 123 Å². The number of anilines is 1. The molecule has 0 heterocycles. The van der Waals surface area contributed by atoms with Crippen molar-refractivity contribution >= 4 is 44.8 Å². The van der Waals surface area contributed by atoms with Crippen molar-refractivity contribution in [2.24, 2.45) is 0 Å². The number of rotatable bonds is 15. The highest BCUT2D eigenvalue weighted by molar-refractivity contribution is 7.92. The Morgan fingerprint density at radius 2 is 1.65 bits per heavy atom. The number of hydrogen-bond acceptors (Lipinski definition) is 8. The van der Waals surface area contributed by atoms with Gasteiger partial charge in [0.05, 0.1) is 29.7 Å². The van der Waals surface area contributed by atoms with Crippen molar-refractivity contribution in [3.8, 4) is 11.5 Å². The molecular formula is C35H37ClN4O8S. The highest BCUT2D eigenvalue weighted by atomic mass is 35.5. The summed E-state index contributed by atoms with van der Waals surface area (Å²) in [5.41, 5.74) is 1.16. The number of ether oxygens (including phenoxy) is 2. The Bertz CT molecular complexity index is 1920. The van der Waals surface area contributed by atoms with E-state index in [2.05, 4.69) is 5.32 Å². The second kappa shape index (κ2) is 16.3. The van der Waals surface area contributed by atoms with Gasteiger partial charge in [-0.05, 0) is 61.4 Å². The summed E-state index contributed by atoms with van der Waals surface area (Å²) in [5, 5.41) is 14.7. The number of nitrogens with one attached hydrogen (secondary N) is 1. The van der Waals surface area contributed by atoms with Crippen LogP contribution in [0, 0.1) is 17.0 Å². The topological polar surface area (TPSA) is 148 Å². The first kappa shape index (κ1) is 36.7. The third kappa shape index (κ3) is 8.86. The van der Waals surface area contributed by atoms with Crippen LogP contribution in [0.2, 0.25) is 5.02 Å². The number of sulfonamides is 1. The van der Waals surface area contributed by atoms with Crippen molar-refractivity contribution in [3.63, 3.8) is 0 Å². The number of nitro groups is 1. The molecule has 2 amide bonds. The first-order valence-corrected chi connectivity index (χ1v) is 17.1. The van der Waals surface area contributed by atoms with Gasteiger partial charge in [0.25, 0.3) is 15.7 Å². The van der Waals surface area contributed by atoms with E-state index >= 15 is 0 Å². The Morgan fingerprint density at radius 3 is 2.31 bits per heavy atom. The number of methoxy groups -OCH3 is 2. The van der Waals surface area contributed by atoms with Crippen molar-refractivity contribution in [1.82, 2.24) is 10.2 Å². The maximum Gasteiger partial charge on any atom is 0.273 e. The van der Waals surface area contributed by atoms with Crippen LogP contribution in [0.15, 0.2) is 95.9 Å². The van der Waals surface area contributed by atoms with Crippen molar-refractivity contribution in [1.29, 1.82) is 0 Å². The Kier molecular flexibility index (Phi) is 12.2. The van der Waals surface area contributed by atoms with Gasteiger partial charge in [-0.25, -0.2) is 8.42 Å². The SMILES string of the molecule is CCNC(=O)[C@H](Cc1ccccc1)N(Cc1cccc(OC)c1)C(=O)CN(c1cc(Cl)ccc1OC)S(=O)(=O)c1ccc(C)c([N+](=O)[O-])c1. The second-order valence-electron chi connectivity index (χ2n) is 11.0. The monoisotopic (exact) mass is 708 g/mol. The zero-order valence-corrected chi connectivity index (χ0v) is 29.0. The number of carbonyl (C=O) groups is 2. The number of amides is 2. The molecule has 0 unspecified atom stereocenters. The molecule has 4 aromatic rings. The predicted octanol–water partition coefficient (Wildman–Crippen LogP) is 5.55. The highest BCUT2D eigenvalue weighted by Gasteiger charge is 2.36. The minimum Gasteiger partial charge on any atom is -0.497 e. The molecule has 14 heteroatoms. The Hall–Kier alpha value is -5.14. The van der Waals surface area contributed by atoms with E-state index in [1.807, 2.05) is 30.3 Å². The molecule has 258 valence electrons. The minimum atomic E-state index is -4.68. The number of nitro benzene ring substituents is 1. The molecule has 0 spiro atoms. The van der Waals surface area contributed by atoms with E-state index in [1.54, 1.807) is 31.2 Å². The van der Waals surface area contributed by atoms with Gasteiger partial charge in [-0.1, -0.05) is 60.1 Å². The molecule has 0 radical (unpaired) electrons. The summed E-state index contributed by atoms with van der Waals surface area (Å²) < 4.78 is 40.5. The molecule has 0 aliphatic carbocycles. The van der Waals surface area contributed by atoms with Crippen LogP contribution in [0.1, 0.15) is 23.6 Å². The fourth-order valence-electron chi connectivity index (χ4n) is 5.26. The summed E-state index contributed by atoms with van der Waals surface area (Å²) in [6, 6.07) is 22.8. The van der Waals surface area contributed by atoms with Crippen LogP contribution in [0.4, 0.5) is 11.4 Å². The van der Waals surface area contributed by atoms with E-state index < -0.39 is 49.9 Å². The summed E-state index contributed by atoms with van der Waals surface area (Å²) in [7, 11) is -1.85. The number of hydrogen-bond donors (Lipinski definition) is 1. The molecular weight excluding hydrogens is 672 g/mol. The third-order valence-electron chi connectivity index (χ3n) is 7.76. The number of benzene rings is 4. The molecule has 0 aliphatic heterocycles. The lowest BCUT2D eigenvalue weighted by Gasteiger charge is -2.34. The summed E-state index contributed by atoms with van der Waals surface area (Å²) >= 11 is 6.33. The third-order valence-corrected chi connectivity index (χ3v) is 9.75. The second-order valence-corrected chi connectivity index (χ2v) is 13.3. The van der Waals surface area contributed by atoms with Crippen molar-refractivity contribution in [2.75, 3.05) is 31.6 Å². The molecule has 0 fully saturated rings. The number of likely N-dealkylation sites (N-methyl/N-ethyl adjacent to an activating group) is 1.